The van der Waals surface area contributed by atoms with E-state index in [9.17, 15) is 0 Å². The van der Waals surface area contributed by atoms with Crippen molar-refractivity contribution < 1.29 is 4.99 Å². The van der Waals surface area contributed by atoms with E-state index in [0.717, 1.165) is 5.69 Å². The summed E-state index contributed by atoms with van der Waals surface area (Å²) in [5.74, 6) is 0. The Morgan fingerprint density at radius 3 is 2.12 bits per heavy atom. The summed E-state index contributed by atoms with van der Waals surface area (Å²) in [6.45, 7) is 3.51. The van der Waals surface area contributed by atoms with Crippen molar-refractivity contribution in [2.75, 3.05) is 0 Å². The first-order chi connectivity index (χ1) is 3.93. The quantitative estimate of drug-likeness (QED) is 0.488. The largest absolute Gasteiger partial charge is 0.218 e. The molecule has 0 unspecified atom stereocenters. The van der Waals surface area contributed by atoms with Crippen molar-refractivity contribution in [2.24, 2.45) is 0 Å². The van der Waals surface area contributed by atoms with Gasteiger partial charge in [-0.1, -0.05) is 18.2 Å². The van der Waals surface area contributed by atoms with Gasteiger partial charge in [-0.25, -0.2) is 4.99 Å². The highest BCUT2D eigenvalue weighted by Gasteiger charge is 1.84. The highest BCUT2D eigenvalue weighted by atomic mass is 14.7. The summed E-state index contributed by atoms with van der Waals surface area (Å²) in [6, 6.07) is 9.84. The highest BCUT2D eigenvalue weighted by Crippen LogP contribution is 1.93. The summed E-state index contributed by atoms with van der Waals surface area (Å²) >= 11 is 0. The first kappa shape index (κ1) is 5.04. The molecule has 0 amide bonds. The van der Waals surface area contributed by atoms with Crippen LogP contribution in [0.25, 0.3) is 0 Å². The average Bonchev–Trinajstić information content (AvgIpc) is 1.90. The number of hydrogen-bond donors (Lipinski definition) is 1. The van der Waals surface area contributed by atoms with Gasteiger partial charge in [-0.2, -0.15) is 0 Å². The van der Waals surface area contributed by atoms with Crippen molar-refractivity contribution in [3.05, 3.63) is 30.3 Å². The Bertz CT molecular complexity index is 167. The summed E-state index contributed by atoms with van der Waals surface area (Å²) in [6.07, 6.45) is 0. The molecule has 0 aliphatic rings. The van der Waals surface area contributed by atoms with Gasteiger partial charge < -0.3 is 0 Å². The van der Waals surface area contributed by atoms with E-state index >= 15 is 0 Å². The maximum Gasteiger partial charge on any atom is 0.202 e. The second kappa shape index (κ2) is 2.26. The lowest BCUT2D eigenvalue weighted by Crippen LogP contribution is -2.57. The number of hydrogen-bond acceptors (Lipinski definition) is 0. The van der Waals surface area contributed by atoms with Gasteiger partial charge in [-0.05, 0) is 0 Å². The standard InChI is InChI=1S/C7H7N/c1-8-7-5-3-2-4-6-7/h2-6H,1H2/p+1. The van der Waals surface area contributed by atoms with E-state index in [1.807, 2.05) is 30.3 Å². The highest BCUT2D eigenvalue weighted by molar-refractivity contribution is 5.30. The molecule has 0 fully saturated rings. The van der Waals surface area contributed by atoms with Crippen molar-refractivity contribution in [3.63, 3.8) is 0 Å². The molecule has 0 heterocycles. The predicted molar refractivity (Wildman–Crippen MR) is 34.2 cm³/mol. The lowest BCUT2D eigenvalue weighted by molar-refractivity contribution is -0.342. The van der Waals surface area contributed by atoms with Crippen molar-refractivity contribution in [2.45, 2.75) is 0 Å². The van der Waals surface area contributed by atoms with Crippen LogP contribution in [0.4, 0.5) is 5.69 Å². The second-order valence-corrected chi connectivity index (χ2v) is 1.54. The van der Waals surface area contributed by atoms with Crippen LogP contribution < -0.4 is 4.99 Å². The lowest BCUT2D eigenvalue weighted by Gasteiger charge is -1.78. The van der Waals surface area contributed by atoms with Crippen LogP contribution in [0.5, 0.6) is 0 Å². The monoisotopic (exact) mass is 106 g/mol. The molecule has 1 aromatic rings. The van der Waals surface area contributed by atoms with Crippen LogP contribution in [0.15, 0.2) is 30.3 Å². The molecule has 1 nitrogen and oxygen atoms in total. The van der Waals surface area contributed by atoms with Gasteiger partial charge in [0.2, 0.25) is 5.69 Å². The molecule has 0 spiro atoms. The molecular formula is C7H8N+. The lowest BCUT2D eigenvalue weighted by atomic mass is 10.3. The van der Waals surface area contributed by atoms with Crippen LogP contribution in [0.3, 0.4) is 0 Å². The van der Waals surface area contributed by atoms with E-state index in [0.29, 0.717) is 0 Å². The molecule has 0 aromatic heterocycles. The third-order valence-electron chi connectivity index (χ3n) is 0.978. The molecule has 40 valence electrons. The van der Waals surface area contributed by atoms with E-state index in [1.54, 1.807) is 0 Å². The van der Waals surface area contributed by atoms with E-state index in [-0.39, 0.29) is 0 Å². The number of benzene rings is 1. The van der Waals surface area contributed by atoms with Gasteiger partial charge in [0.25, 0.3) is 0 Å². The predicted octanol–water partition coefficient (Wildman–Crippen LogP) is 0.0993. The summed E-state index contributed by atoms with van der Waals surface area (Å²) in [5.41, 5.74) is 1.05. The Kier molecular flexibility index (Phi) is 1.42. The van der Waals surface area contributed by atoms with Crippen LogP contribution in [-0.2, 0) is 0 Å². The van der Waals surface area contributed by atoms with Gasteiger partial charge in [-0.3, -0.25) is 0 Å². The molecule has 1 aromatic carbocycles. The zero-order valence-electron chi connectivity index (χ0n) is 4.59. The summed E-state index contributed by atoms with van der Waals surface area (Å²) in [7, 11) is 0. The SMILES string of the molecule is C=[NH+]c1ccccc1. The number of nitrogens with one attached hydrogen (secondary N) is 1. The molecule has 0 radical (unpaired) electrons. The fraction of sp³-hybridized carbons (Fsp3) is 0. The van der Waals surface area contributed by atoms with Gasteiger partial charge in [0.15, 0.2) is 0 Å². The van der Waals surface area contributed by atoms with E-state index in [4.69, 9.17) is 0 Å². The summed E-state index contributed by atoms with van der Waals surface area (Å²) in [5, 5.41) is 0. The third kappa shape index (κ3) is 0.936. The smallest absolute Gasteiger partial charge is 0.202 e. The molecule has 1 N–H and O–H groups in total. The maximum atomic E-state index is 3.51. The third-order valence-corrected chi connectivity index (χ3v) is 0.978. The Balaban J connectivity index is 2.99. The van der Waals surface area contributed by atoms with Crippen LogP contribution in [0, 0.1) is 0 Å². The molecule has 0 atom stereocenters. The van der Waals surface area contributed by atoms with Crippen LogP contribution in [-0.4, -0.2) is 6.72 Å². The van der Waals surface area contributed by atoms with Crippen LogP contribution >= 0.6 is 0 Å². The first-order valence-electron chi connectivity index (χ1n) is 2.51. The zero-order chi connectivity index (χ0) is 5.82. The van der Waals surface area contributed by atoms with Gasteiger partial charge in [0.1, 0.15) is 6.72 Å². The van der Waals surface area contributed by atoms with E-state index < -0.39 is 0 Å². The molecule has 8 heavy (non-hydrogen) atoms. The fourth-order valence-corrected chi connectivity index (χ4v) is 0.556. The topological polar surface area (TPSA) is 14.0 Å². The Labute approximate surface area is 48.7 Å². The second-order valence-electron chi connectivity index (χ2n) is 1.54. The molecular weight excluding hydrogens is 98.1 g/mol. The first-order valence-corrected chi connectivity index (χ1v) is 2.51. The summed E-state index contributed by atoms with van der Waals surface area (Å²) < 4.78 is 0. The maximum absolute atomic E-state index is 3.51. The molecule has 0 aliphatic heterocycles. The van der Waals surface area contributed by atoms with Crippen LogP contribution in [0.2, 0.25) is 0 Å². The van der Waals surface area contributed by atoms with Gasteiger partial charge in [-0.15, -0.1) is 0 Å². The van der Waals surface area contributed by atoms with Crippen molar-refractivity contribution in [3.8, 4) is 0 Å². The normalized spacial score (nSPS) is 8.50. The summed E-state index contributed by atoms with van der Waals surface area (Å²) in [4.78, 5) is 2.78. The molecule has 0 aliphatic carbocycles. The van der Waals surface area contributed by atoms with Gasteiger partial charge in [0.05, 0.1) is 0 Å². The fourth-order valence-electron chi connectivity index (χ4n) is 0.556. The van der Waals surface area contributed by atoms with Crippen molar-refractivity contribution in [1.82, 2.24) is 0 Å². The molecule has 0 saturated heterocycles. The minimum Gasteiger partial charge on any atom is -0.218 e. The van der Waals surface area contributed by atoms with Gasteiger partial charge in [0, 0.05) is 12.1 Å². The number of para-hydroxylation sites is 1. The zero-order valence-corrected chi connectivity index (χ0v) is 4.59. The Morgan fingerprint density at radius 2 is 1.75 bits per heavy atom. The number of rotatable bonds is 1. The Morgan fingerprint density at radius 1 is 1.12 bits per heavy atom. The Hall–Kier alpha value is -1.11. The molecule has 1 rings (SSSR count). The van der Waals surface area contributed by atoms with Crippen LogP contribution in [0.1, 0.15) is 0 Å². The molecule has 1 heteroatoms. The molecule has 0 saturated carbocycles. The minimum atomic E-state index is 1.05. The van der Waals surface area contributed by atoms with E-state index in [2.05, 4.69) is 11.7 Å². The van der Waals surface area contributed by atoms with Crippen molar-refractivity contribution >= 4 is 12.4 Å². The molecule has 0 bridgehead atoms. The van der Waals surface area contributed by atoms with Crippen molar-refractivity contribution in [1.29, 1.82) is 0 Å². The van der Waals surface area contributed by atoms with Gasteiger partial charge >= 0.3 is 0 Å². The minimum absolute atomic E-state index is 1.05. The van der Waals surface area contributed by atoms with E-state index in [1.165, 1.54) is 0 Å². The average molecular weight is 106 g/mol.